The van der Waals surface area contributed by atoms with E-state index in [9.17, 15) is 28.2 Å². The summed E-state index contributed by atoms with van der Waals surface area (Å²) in [5, 5.41) is 10.9. The number of primary amides is 1. The molecule has 0 radical (unpaired) electrons. The lowest BCUT2D eigenvalue weighted by Crippen LogP contribution is -2.61. The second kappa shape index (κ2) is 13.7. The molecule has 0 spiro atoms. The van der Waals surface area contributed by atoms with Gasteiger partial charge >= 0.3 is 6.03 Å². The normalized spacial score (nSPS) is 28.1. The summed E-state index contributed by atoms with van der Waals surface area (Å²) < 4.78 is 15.0. The summed E-state index contributed by atoms with van der Waals surface area (Å²) in [5.74, 6) is -2.45. The number of piperidine rings is 1. The molecular formula is C35H52N6O6S2. The highest BCUT2D eigenvalue weighted by Crippen LogP contribution is 2.65. The molecule has 14 heteroatoms. The van der Waals surface area contributed by atoms with Crippen LogP contribution in [-0.4, -0.2) is 80.2 Å². The number of nitrogens with two attached hydrogens (primary N) is 1. The molecule has 3 heterocycles. The second-order valence-corrected chi connectivity index (χ2v) is 19.0. The third-order valence-electron chi connectivity index (χ3n) is 11.8. The number of rotatable bonds is 12. The van der Waals surface area contributed by atoms with E-state index in [0.29, 0.717) is 26.1 Å². The molecule has 49 heavy (non-hydrogen) atoms. The fourth-order valence-corrected chi connectivity index (χ4v) is 10.9. The van der Waals surface area contributed by atoms with Gasteiger partial charge in [0, 0.05) is 30.6 Å². The zero-order chi connectivity index (χ0) is 35.4. The van der Waals surface area contributed by atoms with Gasteiger partial charge in [-0.15, -0.1) is 11.3 Å². The summed E-state index contributed by atoms with van der Waals surface area (Å²) in [6.07, 6.45) is 6.76. The van der Waals surface area contributed by atoms with Crippen molar-refractivity contribution in [2.45, 2.75) is 122 Å². The highest BCUT2D eigenvalue weighted by Gasteiger charge is 2.69. The summed E-state index contributed by atoms with van der Waals surface area (Å²) in [6, 6.07) is -1.61. The first kappa shape index (κ1) is 36.0. The monoisotopic (exact) mass is 716 g/mol. The fraction of sp³-hybridized carbons (Fsp3) is 0.743. The summed E-state index contributed by atoms with van der Waals surface area (Å²) >= 11 is 1.58. The van der Waals surface area contributed by atoms with Crippen molar-refractivity contribution in [3.8, 4) is 0 Å². The Morgan fingerprint density at radius 1 is 1.04 bits per heavy atom. The Balaban J connectivity index is 1.19. The molecule has 0 aromatic carbocycles. The number of nitrogens with zero attached hydrogens (tertiary/aromatic N) is 2. The molecule has 5 aliphatic rings. The molecule has 3 saturated carbocycles. The van der Waals surface area contributed by atoms with Crippen LogP contribution in [0.15, 0.2) is 16.3 Å². The van der Waals surface area contributed by atoms with Gasteiger partial charge in [0.1, 0.15) is 23.1 Å². The number of Topliss-reactive ketones (excluding diaryl/α,β-unsaturated/α-hetero) is 1. The average Bonchev–Trinajstić information content (AvgIpc) is 3.71. The van der Waals surface area contributed by atoms with Gasteiger partial charge in [0.2, 0.25) is 17.6 Å². The van der Waals surface area contributed by atoms with Crippen LogP contribution in [0.3, 0.4) is 0 Å². The molecule has 12 nitrogen and oxygen atoms in total. The molecule has 1 aromatic rings. The van der Waals surface area contributed by atoms with E-state index in [1.165, 1.54) is 0 Å². The van der Waals surface area contributed by atoms with Crippen LogP contribution < -0.4 is 21.7 Å². The SMILES string of the molecule is CC(C)(C)[C@@H](CN1Cc2sccc2S1=O)NC(=O)N[C@H](C(=O)N1C[C@H]2[C@@H]([C@H]1C(=O)NC(CC1CC1)C(=O)C(N)=O)C2(C)C)C1CCCCC1. The molecule has 5 amide bonds. The maximum atomic E-state index is 14.6. The molecule has 4 fully saturated rings. The van der Waals surface area contributed by atoms with Gasteiger partial charge in [-0.3, -0.25) is 19.2 Å². The molecule has 7 atom stereocenters. The summed E-state index contributed by atoms with van der Waals surface area (Å²) in [7, 11) is -1.30. The van der Waals surface area contributed by atoms with Crippen molar-refractivity contribution in [2.24, 2.45) is 40.2 Å². The fourth-order valence-electron chi connectivity index (χ4n) is 8.36. The van der Waals surface area contributed by atoms with Crippen LogP contribution >= 0.6 is 11.3 Å². The van der Waals surface area contributed by atoms with Gasteiger partial charge in [0.15, 0.2) is 0 Å². The maximum absolute atomic E-state index is 14.6. The maximum Gasteiger partial charge on any atom is 0.315 e. The highest BCUT2D eigenvalue weighted by atomic mass is 32.2. The molecule has 1 aromatic heterocycles. The van der Waals surface area contributed by atoms with Gasteiger partial charge in [0.25, 0.3) is 5.91 Å². The minimum Gasteiger partial charge on any atom is -0.363 e. The third-order valence-corrected chi connectivity index (χ3v) is 14.3. The van der Waals surface area contributed by atoms with E-state index < -0.39 is 52.7 Å². The number of amides is 5. The summed E-state index contributed by atoms with van der Waals surface area (Å²) in [5.41, 5.74) is 4.81. The van der Waals surface area contributed by atoms with E-state index in [-0.39, 0.29) is 46.5 Å². The van der Waals surface area contributed by atoms with E-state index >= 15 is 0 Å². The molecular weight excluding hydrogens is 665 g/mol. The van der Waals surface area contributed by atoms with Crippen molar-refractivity contribution in [2.75, 3.05) is 13.1 Å². The number of fused-ring (bicyclic) bond motifs is 2. The van der Waals surface area contributed by atoms with Crippen LogP contribution in [0.1, 0.15) is 90.9 Å². The van der Waals surface area contributed by atoms with E-state index in [0.717, 1.165) is 54.7 Å². The van der Waals surface area contributed by atoms with Crippen molar-refractivity contribution < 1.29 is 28.2 Å². The van der Waals surface area contributed by atoms with E-state index in [1.54, 1.807) is 16.2 Å². The number of likely N-dealkylation sites (tertiary alicyclic amines) is 1. The van der Waals surface area contributed by atoms with Crippen molar-refractivity contribution in [3.63, 3.8) is 0 Å². The van der Waals surface area contributed by atoms with Crippen LogP contribution in [0.5, 0.6) is 0 Å². The predicted octanol–water partition coefficient (Wildman–Crippen LogP) is 3.07. The van der Waals surface area contributed by atoms with Crippen LogP contribution in [0.2, 0.25) is 0 Å². The number of carbonyl (C=O) groups excluding carboxylic acids is 5. The molecule has 2 aliphatic heterocycles. The predicted molar refractivity (Wildman–Crippen MR) is 186 cm³/mol. The first-order valence-corrected chi connectivity index (χ1v) is 19.8. The average molecular weight is 717 g/mol. The number of urea groups is 1. The highest BCUT2D eigenvalue weighted by molar-refractivity contribution is 7.83. The smallest absolute Gasteiger partial charge is 0.315 e. The summed E-state index contributed by atoms with van der Waals surface area (Å²) in [6.45, 7) is 11.6. The second-order valence-electron chi connectivity index (χ2n) is 16.5. The topological polar surface area (TPSA) is 171 Å². The van der Waals surface area contributed by atoms with Gasteiger partial charge < -0.3 is 26.6 Å². The lowest BCUT2D eigenvalue weighted by molar-refractivity contribution is -0.144. The number of carbonyl (C=O) groups is 5. The minimum atomic E-state index is -1.30. The number of hydrogen-bond donors (Lipinski definition) is 4. The van der Waals surface area contributed by atoms with Crippen molar-refractivity contribution >= 4 is 51.9 Å². The Hall–Kier alpha value is -2.84. The van der Waals surface area contributed by atoms with Gasteiger partial charge in [-0.1, -0.05) is 66.7 Å². The van der Waals surface area contributed by atoms with Crippen molar-refractivity contribution in [3.05, 3.63) is 16.3 Å². The van der Waals surface area contributed by atoms with Gasteiger partial charge in [-0.05, 0) is 65.2 Å². The molecule has 0 bridgehead atoms. The Labute approximate surface area is 295 Å². The first-order chi connectivity index (χ1) is 23.1. The molecule has 2 unspecified atom stereocenters. The molecule has 5 N–H and O–H groups in total. The lowest BCUT2D eigenvalue weighted by Gasteiger charge is -2.38. The summed E-state index contributed by atoms with van der Waals surface area (Å²) in [4.78, 5) is 70.5. The quantitative estimate of drug-likeness (QED) is 0.242. The zero-order valence-electron chi connectivity index (χ0n) is 29.3. The standard InChI is InChI=1S/C35H52N6O6S2/c1-34(2,3)25(18-40-17-23-24(49(40)47)13-14-48-23)38-33(46)39-27(20-9-7-6-8-10-20)32(45)41-16-21-26(35(21,4)5)28(41)31(44)37-22(15-19-11-12-19)29(42)30(36)43/h13-14,19-22,25-28H,6-12,15-18H2,1-5H3,(H2,36,43)(H,37,44)(H2,38,39,46)/t21-,22?,25+,26-,27-,28-,49?/m0/s1. The van der Waals surface area contributed by atoms with Crippen LogP contribution in [0.25, 0.3) is 0 Å². The number of ketones is 1. The first-order valence-electron chi connectivity index (χ1n) is 17.8. The Morgan fingerprint density at radius 2 is 1.73 bits per heavy atom. The molecule has 1 saturated heterocycles. The van der Waals surface area contributed by atoms with Crippen molar-refractivity contribution in [1.82, 2.24) is 25.2 Å². The Kier molecular flexibility index (Phi) is 10.1. The van der Waals surface area contributed by atoms with E-state index in [1.807, 2.05) is 36.5 Å². The largest absolute Gasteiger partial charge is 0.363 e. The van der Waals surface area contributed by atoms with Crippen molar-refractivity contribution in [1.29, 1.82) is 0 Å². The Bertz CT molecular complexity index is 1510. The van der Waals surface area contributed by atoms with Crippen LogP contribution in [0.4, 0.5) is 4.79 Å². The molecule has 270 valence electrons. The van der Waals surface area contributed by atoms with Gasteiger partial charge in [0.05, 0.1) is 10.9 Å². The van der Waals surface area contributed by atoms with Gasteiger partial charge in [-0.25, -0.2) is 13.3 Å². The number of nitrogens with one attached hydrogen (secondary N) is 3. The van der Waals surface area contributed by atoms with Crippen LogP contribution in [-0.2, 0) is 36.7 Å². The third kappa shape index (κ3) is 7.46. The van der Waals surface area contributed by atoms with E-state index in [4.69, 9.17) is 5.73 Å². The van der Waals surface area contributed by atoms with Gasteiger partial charge in [-0.2, -0.15) is 0 Å². The van der Waals surface area contributed by atoms with E-state index in [2.05, 4.69) is 29.8 Å². The Morgan fingerprint density at radius 3 is 2.35 bits per heavy atom. The minimum absolute atomic E-state index is 0.0881. The molecule has 3 aliphatic carbocycles. The van der Waals surface area contributed by atoms with Crippen LogP contribution in [0, 0.1) is 34.5 Å². The molecule has 6 rings (SSSR count). The number of hydrogen-bond acceptors (Lipinski definition) is 7. The number of thiophene rings is 1. The lowest BCUT2D eigenvalue weighted by atomic mass is 9.83. The zero-order valence-corrected chi connectivity index (χ0v) is 30.9.